The number of nitrogens with zero attached hydrogens (tertiary/aromatic N) is 1. The van der Waals surface area contributed by atoms with Crippen molar-refractivity contribution in [3.8, 4) is 11.1 Å². The lowest BCUT2D eigenvalue weighted by molar-refractivity contribution is -0.196. The van der Waals surface area contributed by atoms with E-state index in [1.807, 2.05) is 16.7 Å². The van der Waals surface area contributed by atoms with E-state index >= 15 is 0 Å². The topological polar surface area (TPSA) is 71.3 Å². The molecule has 194 valence electrons. The highest BCUT2D eigenvalue weighted by Crippen LogP contribution is 2.67. The van der Waals surface area contributed by atoms with Crippen molar-refractivity contribution in [2.45, 2.75) is 37.5 Å². The van der Waals surface area contributed by atoms with Gasteiger partial charge in [-0.1, -0.05) is 24.3 Å². The molecular weight excluding hydrogens is 500 g/mol. The Morgan fingerprint density at radius 2 is 1.58 bits per heavy atom. The van der Waals surface area contributed by atoms with E-state index in [-0.39, 0.29) is 18.3 Å². The molecule has 7 rings (SSSR count). The lowest BCUT2D eigenvalue weighted by Gasteiger charge is -2.67. The molecular formula is C29H22F4N2O3. The molecule has 3 aromatic carbocycles. The molecule has 5 nitrogen and oxygen atoms in total. The summed E-state index contributed by atoms with van der Waals surface area (Å²) in [6, 6.07) is 16.2. The zero-order valence-corrected chi connectivity index (χ0v) is 20.0. The summed E-state index contributed by atoms with van der Waals surface area (Å²) in [4.78, 5) is 25.1. The Bertz CT molecular complexity index is 1570. The van der Waals surface area contributed by atoms with Crippen LogP contribution in [0, 0.1) is 11.2 Å². The molecule has 3 fully saturated rings. The van der Waals surface area contributed by atoms with Gasteiger partial charge in [-0.3, -0.25) is 9.59 Å². The number of halogens is 4. The first-order chi connectivity index (χ1) is 18.0. The third kappa shape index (κ3) is 3.93. The number of aromatic nitrogens is 1. The zero-order valence-electron chi connectivity index (χ0n) is 20.0. The van der Waals surface area contributed by atoms with Crippen molar-refractivity contribution in [1.82, 2.24) is 9.88 Å². The second kappa shape index (κ2) is 8.18. The number of carboxylic acids is 1. The van der Waals surface area contributed by atoms with Crippen molar-refractivity contribution >= 4 is 22.8 Å². The van der Waals surface area contributed by atoms with E-state index < -0.39 is 28.7 Å². The molecule has 38 heavy (non-hydrogen) atoms. The minimum atomic E-state index is -4.43. The fourth-order valence-electron chi connectivity index (χ4n) is 5.91. The molecule has 4 aromatic rings. The summed E-state index contributed by atoms with van der Waals surface area (Å²) < 4.78 is 54.3. The molecule has 0 unspecified atom stereocenters. The quantitative estimate of drug-likeness (QED) is 0.294. The van der Waals surface area contributed by atoms with Crippen LogP contribution in [0.15, 0.2) is 72.9 Å². The van der Waals surface area contributed by atoms with Crippen molar-refractivity contribution in [2.24, 2.45) is 5.41 Å². The minimum absolute atomic E-state index is 0.241. The molecule has 3 aliphatic rings. The van der Waals surface area contributed by atoms with E-state index in [0.29, 0.717) is 47.0 Å². The third-order valence-corrected chi connectivity index (χ3v) is 7.78. The van der Waals surface area contributed by atoms with E-state index in [1.165, 1.54) is 24.3 Å². The SMILES string of the molecule is O=C(NC12CC(C(=O)O)(C1)C2)c1cc(-c2ccc(F)cc2)cc2ccn(Cc3ccc(C(F)(F)F)cc3)c12. The molecule has 9 heteroatoms. The Hall–Kier alpha value is -4.14. The summed E-state index contributed by atoms with van der Waals surface area (Å²) in [5, 5.41) is 13.2. The molecule has 3 aliphatic carbocycles. The molecule has 0 radical (unpaired) electrons. The summed E-state index contributed by atoms with van der Waals surface area (Å²) in [5.41, 5.74) is 0.982. The maximum absolute atomic E-state index is 13.6. The molecule has 0 aliphatic heterocycles. The van der Waals surface area contributed by atoms with Gasteiger partial charge in [0.15, 0.2) is 0 Å². The van der Waals surface area contributed by atoms with Crippen LogP contribution in [0.4, 0.5) is 17.6 Å². The normalized spacial score (nSPS) is 22.0. The number of hydrogen-bond donors (Lipinski definition) is 2. The zero-order chi connectivity index (χ0) is 26.9. The number of hydrogen-bond acceptors (Lipinski definition) is 2. The second-order valence-corrected chi connectivity index (χ2v) is 10.5. The molecule has 0 spiro atoms. The first-order valence-electron chi connectivity index (χ1n) is 12.1. The summed E-state index contributed by atoms with van der Waals surface area (Å²) in [6.07, 6.45) is -1.51. The van der Waals surface area contributed by atoms with Crippen LogP contribution in [0.2, 0.25) is 0 Å². The first kappa shape index (κ1) is 24.2. The molecule has 2 N–H and O–H groups in total. The highest BCUT2D eigenvalue weighted by molar-refractivity contribution is 6.08. The molecule has 3 saturated carbocycles. The van der Waals surface area contributed by atoms with Crippen LogP contribution in [-0.2, 0) is 17.5 Å². The summed E-state index contributed by atoms with van der Waals surface area (Å²) in [7, 11) is 0. The van der Waals surface area contributed by atoms with Crippen LogP contribution in [0.25, 0.3) is 22.0 Å². The predicted molar refractivity (Wildman–Crippen MR) is 132 cm³/mol. The number of alkyl halides is 3. The fraction of sp³-hybridized carbons (Fsp3) is 0.241. The first-order valence-corrected chi connectivity index (χ1v) is 12.1. The third-order valence-electron chi connectivity index (χ3n) is 7.78. The average Bonchev–Trinajstić information content (AvgIpc) is 3.22. The number of fused-ring (bicyclic) bond motifs is 1. The second-order valence-electron chi connectivity index (χ2n) is 10.5. The average molecular weight is 522 g/mol. The number of benzene rings is 3. The van der Waals surface area contributed by atoms with E-state index in [0.717, 1.165) is 17.5 Å². The van der Waals surface area contributed by atoms with Gasteiger partial charge in [-0.15, -0.1) is 0 Å². The van der Waals surface area contributed by atoms with Gasteiger partial charge in [-0.05, 0) is 78.4 Å². The van der Waals surface area contributed by atoms with Gasteiger partial charge in [-0.2, -0.15) is 13.2 Å². The van der Waals surface area contributed by atoms with Crippen molar-refractivity contribution in [1.29, 1.82) is 0 Å². The van der Waals surface area contributed by atoms with Crippen molar-refractivity contribution in [3.63, 3.8) is 0 Å². The Labute approximate surface area is 214 Å². The number of carboxylic acid groups (broad SMARTS) is 1. The lowest BCUT2D eigenvalue weighted by Crippen LogP contribution is -2.77. The van der Waals surface area contributed by atoms with Crippen molar-refractivity contribution < 1.29 is 32.3 Å². The van der Waals surface area contributed by atoms with Gasteiger partial charge >= 0.3 is 12.1 Å². The van der Waals surface area contributed by atoms with Crippen molar-refractivity contribution in [2.75, 3.05) is 0 Å². The molecule has 0 saturated heterocycles. The number of aliphatic carboxylic acids is 1. The van der Waals surface area contributed by atoms with Crippen LogP contribution in [0.3, 0.4) is 0 Å². The highest BCUT2D eigenvalue weighted by atomic mass is 19.4. The number of carbonyl (C=O) groups excluding carboxylic acids is 1. The van der Waals surface area contributed by atoms with Crippen LogP contribution in [-0.4, -0.2) is 27.1 Å². The highest BCUT2D eigenvalue weighted by Gasteiger charge is 2.72. The standard InChI is InChI=1S/C29H22F4N2O3/c30-22-7-3-18(4-8-22)20-11-19-9-10-35(13-17-1-5-21(6-2-17)29(31,32)33)24(19)23(12-20)25(36)34-28-14-27(15-28,16-28)26(37)38/h1-12H,13-16H2,(H,34,36)(H,37,38). The van der Waals surface area contributed by atoms with Gasteiger partial charge < -0.3 is 15.0 Å². The molecule has 2 bridgehead atoms. The number of carbonyl (C=O) groups is 2. The Morgan fingerprint density at radius 3 is 2.18 bits per heavy atom. The maximum Gasteiger partial charge on any atom is 0.416 e. The Balaban J connectivity index is 1.37. The summed E-state index contributed by atoms with van der Waals surface area (Å²) in [5.74, 6) is -1.59. The lowest BCUT2D eigenvalue weighted by atomic mass is 9.39. The Kier molecular flexibility index (Phi) is 5.21. The minimum Gasteiger partial charge on any atom is -0.481 e. The molecule has 0 atom stereocenters. The molecule has 1 aromatic heterocycles. The van der Waals surface area contributed by atoms with Gasteiger partial charge in [-0.25, -0.2) is 4.39 Å². The van der Waals surface area contributed by atoms with Gasteiger partial charge in [0.25, 0.3) is 5.91 Å². The van der Waals surface area contributed by atoms with Gasteiger partial charge in [0.05, 0.1) is 22.1 Å². The number of rotatable bonds is 6. The molecule has 1 amide bonds. The summed E-state index contributed by atoms with van der Waals surface area (Å²) >= 11 is 0. The van der Waals surface area contributed by atoms with Gasteiger partial charge in [0.1, 0.15) is 5.82 Å². The maximum atomic E-state index is 13.6. The van der Waals surface area contributed by atoms with Gasteiger partial charge in [0, 0.05) is 23.7 Å². The Morgan fingerprint density at radius 1 is 0.921 bits per heavy atom. The van der Waals surface area contributed by atoms with Crippen LogP contribution in [0.1, 0.15) is 40.7 Å². The summed E-state index contributed by atoms with van der Waals surface area (Å²) in [6.45, 7) is 0.241. The molecule has 1 heterocycles. The number of amides is 1. The van der Waals surface area contributed by atoms with E-state index in [1.54, 1.807) is 24.4 Å². The van der Waals surface area contributed by atoms with Crippen LogP contribution in [0.5, 0.6) is 0 Å². The monoisotopic (exact) mass is 522 g/mol. The van der Waals surface area contributed by atoms with E-state index in [4.69, 9.17) is 0 Å². The fourth-order valence-corrected chi connectivity index (χ4v) is 5.91. The van der Waals surface area contributed by atoms with Crippen LogP contribution >= 0.6 is 0 Å². The van der Waals surface area contributed by atoms with Crippen LogP contribution < -0.4 is 5.32 Å². The van der Waals surface area contributed by atoms with E-state index in [2.05, 4.69) is 5.32 Å². The van der Waals surface area contributed by atoms with Crippen molar-refractivity contribution in [3.05, 3.63) is 95.4 Å². The largest absolute Gasteiger partial charge is 0.481 e. The predicted octanol–water partition coefficient (Wildman–Crippen LogP) is 6.25. The smallest absolute Gasteiger partial charge is 0.416 e. The van der Waals surface area contributed by atoms with Gasteiger partial charge in [0.2, 0.25) is 0 Å². The number of nitrogens with one attached hydrogen (secondary N) is 1. The van der Waals surface area contributed by atoms with E-state index in [9.17, 15) is 32.3 Å².